The second kappa shape index (κ2) is 5.37. The van der Waals surface area contributed by atoms with Crippen LogP contribution in [-0.2, 0) is 9.59 Å². The van der Waals surface area contributed by atoms with E-state index in [0.717, 1.165) is 5.56 Å². The summed E-state index contributed by atoms with van der Waals surface area (Å²) in [5.41, 5.74) is 3.00. The fraction of sp³-hybridized carbons (Fsp3) is 0.111. The van der Waals surface area contributed by atoms with Crippen LogP contribution in [0.3, 0.4) is 0 Å². The molecule has 21 heavy (non-hydrogen) atoms. The quantitative estimate of drug-likeness (QED) is 0.807. The summed E-state index contributed by atoms with van der Waals surface area (Å²) >= 11 is 0. The van der Waals surface area contributed by atoms with Gasteiger partial charge in [-0.15, -0.1) is 0 Å². The number of carbonyl (C=O) groups is 2. The molecule has 104 valence electrons. The Balaban J connectivity index is 1.85. The highest BCUT2D eigenvalue weighted by Crippen LogP contribution is 2.27. The SMILES string of the molecule is CC(c1ccccc1)c1ccc(N2C(=O)C=CC2=O)cc1. The van der Waals surface area contributed by atoms with Gasteiger partial charge in [-0.05, 0) is 23.3 Å². The zero-order valence-corrected chi connectivity index (χ0v) is 11.7. The van der Waals surface area contributed by atoms with Crippen LogP contribution >= 0.6 is 0 Å². The van der Waals surface area contributed by atoms with Crippen molar-refractivity contribution in [3.05, 3.63) is 77.9 Å². The van der Waals surface area contributed by atoms with E-state index in [0.29, 0.717) is 5.69 Å². The molecule has 0 fully saturated rings. The summed E-state index contributed by atoms with van der Waals surface area (Å²) < 4.78 is 0. The van der Waals surface area contributed by atoms with Crippen molar-refractivity contribution >= 4 is 17.5 Å². The largest absolute Gasteiger partial charge is 0.269 e. The van der Waals surface area contributed by atoms with Crippen LogP contribution < -0.4 is 4.90 Å². The molecular formula is C18H15NO2. The van der Waals surface area contributed by atoms with Crippen LogP contribution in [-0.4, -0.2) is 11.8 Å². The fourth-order valence-electron chi connectivity index (χ4n) is 2.50. The van der Waals surface area contributed by atoms with Gasteiger partial charge in [0.15, 0.2) is 0 Å². The monoisotopic (exact) mass is 277 g/mol. The predicted octanol–water partition coefficient (Wildman–Crippen LogP) is 3.27. The predicted molar refractivity (Wildman–Crippen MR) is 82.0 cm³/mol. The lowest BCUT2D eigenvalue weighted by Crippen LogP contribution is -2.29. The van der Waals surface area contributed by atoms with Crippen LogP contribution in [0, 0.1) is 0 Å². The third-order valence-electron chi connectivity index (χ3n) is 3.76. The summed E-state index contributed by atoms with van der Waals surface area (Å²) in [6.45, 7) is 2.14. The van der Waals surface area contributed by atoms with E-state index in [2.05, 4.69) is 19.1 Å². The average molecular weight is 277 g/mol. The molecule has 3 heteroatoms. The van der Waals surface area contributed by atoms with E-state index in [4.69, 9.17) is 0 Å². The molecule has 0 saturated carbocycles. The van der Waals surface area contributed by atoms with E-state index >= 15 is 0 Å². The van der Waals surface area contributed by atoms with Crippen LogP contribution in [0.25, 0.3) is 0 Å². The second-order valence-electron chi connectivity index (χ2n) is 5.07. The molecule has 1 aliphatic rings. The van der Waals surface area contributed by atoms with Crippen molar-refractivity contribution in [2.45, 2.75) is 12.8 Å². The Morgan fingerprint density at radius 1 is 0.762 bits per heavy atom. The van der Waals surface area contributed by atoms with Gasteiger partial charge in [-0.1, -0.05) is 49.4 Å². The summed E-state index contributed by atoms with van der Waals surface area (Å²) in [5.74, 6) is -0.309. The highest BCUT2D eigenvalue weighted by Gasteiger charge is 2.24. The molecule has 3 nitrogen and oxygen atoms in total. The summed E-state index contributed by atoms with van der Waals surface area (Å²) in [6, 6.07) is 17.8. The molecule has 0 N–H and O–H groups in total. The molecule has 1 heterocycles. The summed E-state index contributed by atoms with van der Waals surface area (Å²) in [4.78, 5) is 24.5. The highest BCUT2D eigenvalue weighted by molar-refractivity contribution is 6.28. The molecule has 0 aromatic heterocycles. The van der Waals surface area contributed by atoms with Crippen molar-refractivity contribution < 1.29 is 9.59 Å². The molecule has 0 aliphatic carbocycles. The Morgan fingerprint density at radius 3 is 1.86 bits per heavy atom. The Kier molecular flexibility index (Phi) is 3.40. The van der Waals surface area contributed by atoms with E-state index in [9.17, 15) is 9.59 Å². The van der Waals surface area contributed by atoms with Crippen molar-refractivity contribution in [2.75, 3.05) is 4.90 Å². The first kappa shape index (κ1) is 13.3. The smallest absolute Gasteiger partial charge is 0.258 e. The van der Waals surface area contributed by atoms with Crippen LogP contribution in [0.1, 0.15) is 24.0 Å². The number of nitrogens with zero attached hydrogens (tertiary/aromatic N) is 1. The fourth-order valence-corrected chi connectivity index (χ4v) is 2.50. The van der Waals surface area contributed by atoms with Crippen LogP contribution in [0.15, 0.2) is 66.7 Å². The maximum atomic E-state index is 11.6. The van der Waals surface area contributed by atoms with Crippen LogP contribution in [0.2, 0.25) is 0 Å². The summed E-state index contributed by atoms with van der Waals surface area (Å²) in [7, 11) is 0. The number of imide groups is 1. The first-order valence-electron chi connectivity index (χ1n) is 6.88. The third kappa shape index (κ3) is 2.50. The van der Waals surface area contributed by atoms with Gasteiger partial charge < -0.3 is 0 Å². The number of hydrogen-bond acceptors (Lipinski definition) is 2. The van der Waals surface area contributed by atoms with E-state index in [1.54, 1.807) is 0 Å². The molecule has 0 spiro atoms. The van der Waals surface area contributed by atoms with Gasteiger partial charge in [0.1, 0.15) is 0 Å². The van der Waals surface area contributed by atoms with Crippen molar-refractivity contribution in [3.8, 4) is 0 Å². The molecule has 3 rings (SSSR count). The first-order chi connectivity index (χ1) is 10.2. The Morgan fingerprint density at radius 2 is 1.29 bits per heavy atom. The Bertz CT molecular complexity index is 684. The van der Waals surface area contributed by atoms with E-state index < -0.39 is 0 Å². The van der Waals surface area contributed by atoms with E-state index in [-0.39, 0.29) is 17.7 Å². The molecule has 1 atom stereocenters. The minimum atomic E-state index is -0.288. The number of rotatable bonds is 3. The van der Waals surface area contributed by atoms with Gasteiger partial charge in [0, 0.05) is 18.1 Å². The van der Waals surface area contributed by atoms with Gasteiger partial charge >= 0.3 is 0 Å². The molecule has 0 saturated heterocycles. The van der Waals surface area contributed by atoms with Crippen LogP contribution in [0.5, 0.6) is 0 Å². The molecule has 2 amide bonds. The number of amides is 2. The van der Waals surface area contributed by atoms with E-state index in [1.807, 2.05) is 42.5 Å². The molecule has 2 aromatic rings. The molecular weight excluding hydrogens is 262 g/mol. The Labute approximate surface area is 123 Å². The standard InChI is InChI=1S/C18H15NO2/c1-13(14-5-3-2-4-6-14)15-7-9-16(10-8-15)19-17(20)11-12-18(19)21/h2-13H,1H3. The lowest BCUT2D eigenvalue weighted by molar-refractivity contribution is -0.119. The molecule has 2 aromatic carbocycles. The maximum Gasteiger partial charge on any atom is 0.258 e. The van der Waals surface area contributed by atoms with Gasteiger partial charge in [0.25, 0.3) is 11.8 Å². The molecule has 1 unspecified atom stereocenters. The van der Waals surface area contributed by atoms with Gasteiger partial charge in [-0.3, -0.25) is 9.59 Å². The highest BCUT2D eigenvalue weighted by atomic mass is 16.2. The topological polar surface area (TPSA) is 37.4 Å². The lowest BCUT2D eigenvalue weighted by Gasteiger charge is -2.16. The van der Waals surface area contributed by atoms with Gasteiger partial charge in [0.2, 0.25) is 0 Å². The maximum absolute atomic E-state index is 11.6. The zero-order chi connectivity index (χ0) is 14.8. The number of benzene rings is 2. The average Bonchev–Trinajstić information content (AvgIpc) is 2.87. The number of carbonyl (C=O) groups excluding carboxylic acids is 2. The minimum Gasteiger partial charge on any atom is -0.269 e. The molecule has 0 radical (unpaired) electrons. The van der Waals surface area contributed by atoms with Gasteiger partial charge in [-0.2, -0.15) is 0 Å². The van der Waals surface area contributed by atoms with Crippen molar-refractivity contribution in [1.82, 2.24) is 0 Å². The van der Waals surface area contributed by atoms with Crippen molar-refractivity contribution in [1.29, 1.82) is 0 Å². The third-order valence-corrected chi connectivity index (χ3v) is 3.76. The first-order valence-corrected chi connectivity index (χ1v) is 6.88. The second-order valence-corrected chi connectivity index (χ2v) is 5.07. The van der Waals surface area contributed by atoms with Crippen molar-refractivity contribution in [3.63, 3.8) is 0 Å². The van der Waals surface area contributed by atoms with Gasteiger partial charge in [-0.25, -0.2) is 4.90 Å². The van der Waals surface area contributed by atoms with Crippen LogP contribution in [0.4, 0.5) is 5.69 Å². The van der Waals surface area contributed by atoms with E-state index in [1.165, 1.54) is 22.6 Å². The number of hydrogen-bond donors (Lipinski definition) is 0. The molecule has 1 aliphatic heterocycles. The zero-order valence-electron chi connectivity index (χ0n) is 11.7. The summed E-state index contributed by atoms with van der Waals surface area (Å²) in [5, 5.41) is 0. The number of anilines is 1. The van der Waals surface area contributed by atoms with Crippen molar-refractivity contribution in [2.24, 2.45) is 0 Å². The molecule has 0 bridgehead atoms. The lowest BCUT2D eigenvalue weighted by atomic mass is 9.93. The van der Waals surface area contributed by atoms with Gasteiger partial charge in [0.05, 0.1) is 5.69 Å². The minimum absolute atomic E-state index is 0.267. The summed E-state index contributed by atoms with van der Waals surface area (Å²) in [6.07, 6.45) is 2.59. The Hall–Kier alpha value is -2.68. The normalized spacial score (nSPS) is 15.6.